The number of hydrogen-bond acceptors (Lipinski definition) is 6. The van der Waals surface area contributed by atoms with E-state index < -0.39 is 0 Å². The maximum Gasteiger partial charge on any atom is 0.233 e. The molecule has 0 radical (unpaired) electrons. The van der Waals surface area contributed by atoms with Crippen molar-refractivity contribution in [2.45, 2.75) is 23.2 Å². The number of thiazole rings is 1. The van der Waals surface area contributed by atoms with Gasteiger partial charge in [0.25, 0.3) is 0 Å². The molecule has 2 aromatic carbocycles. The zero-order chi connectivity index (χ0) is 20.3. The Balaban J connectivity index is 1.24. The molecule has 7 heteroatoms. The second-order valence-corrected chi connectivity index (χ2v) is 9.38. The van der Waals surface area contributed by atoms with Crippen molar-refractivity contribution < 1.29 is 14.3 Å². The standard InChI is InChI=1S/C23H22N2O3S2/c26-22(15-30-23-24-18(14-29-23)16-5-2-1-3-6-16)25-10-4-7-19(25)17-8-9-20-21(13-17)28-12-11-27-20/h1-3,5-6,8-9,13-14,19H,4,7,10-12,15H2/t19-/m1/s1. The molecule has 0 N–H and O–H groups in total. The van der Waals surface area contributed by atoms with Crippen LogP contribution in [0.15, 0.2) is 58.3 Å². The highest BCUT2D eigenvalue weighted by Gasteiger charge is 2.31. The number of likely N-dealkylation sites (tertiary alicyclic amines) is 1. The van der Waals surface area contributed by atoms with Crippen LogP contribution in [0.5, 0.6) is 11.5 Å². The van der Waals surface area contributed by atoms with Crippen LogP contribution in [0.25, 0.3) is 11.3 Å². The van der Waals surface area contributed by atoms with Gasteiger partial charge in [0.15, 0.2) is 15.8 Å². The Bertz CT molecular complexity index is 1040. The Kier molecular flexibility index (Phi) is 5.64. The van der Waals surface area contributed by atoms with E-state index in [9.17, 15) is 4.79 Å². The largest absolute Gasteiger partial charge is 0.486 e. The number of aromatic nitrogens is 1. The van der Waals surface area contributed by atoms with Gasteiger partial charge in [0.05, 0.1) is 17.5 Å². The summed E-state index contributed by atoms with van der Waals surface area (Å²) >= 11 is 3.11. The number of rotatable bonds is 5. The fourth-order valence-corrected chi connectivity index (χ4v) is 5.67. The lowest BCUT2D eigenvalue weighted by Crippen LogP contribution is -2.32. The van der Waals surface area contributed by atoms with Crippen LogP contribution < -0.4 is 9.47 Å². The molecule has 0 aliphatic carbocycles. The molecule has 2 aliphatic heterocycles. The molecule has 1 saturated heterocycles. The van der Waals surface area contributed by atoms with Crippen molar-refractivity contribution in [2.24, 2.45) is 0 Å². The maximum absolute atomic E-state index is 13.0. The van der Waals surface area contributed by atoms with E-state index in [1.165, 1.54) is 11.8 Å². The van der Waals surface area contributed by atoms with Crippen molar-refractivity contribution in [1.82, 2.24) is 9.88 Å². The van der Waals surface area contributed by atoms with E-state index in [2.05, 4.69) is 28.6 Å². The molecule has 1 amide bonds. The van der Waals surface area contributed by atoms with Gasteiger partial charge in [0.2, 0.25) is 5.91 Å². The topological polar surface area (TPSA) is 51.7 Å². The molecule has 30 heavy (non-hydrogen) atoms. The predicted molar refractivity (Wildman–Crippen MR) is 119 cm³/mol. The molecule has 2 aliphatic rings. The number of hydrogen-bond donors (Lipinski definition) is 0. The summed E-state index contributed by atoms with van der Waals surface area (Å²) in [5.74, 6) is 2.13. The molecule has 0 spiro atoms. The summed E-state index contributed by atoms with van der Waals surface area (Å²) in [6.07, 6.45) is 2.00. The number of fused-ring (bicyclic) bond motifs is 1. The lowest BCUT2D eigenvalue weighted by Gasteiger charge is -2.26. The van der Waals surface area contributed by atoms with Gasteiger partial charge in [-0.2, -0.15) is 0 Å². The van der Waals surface area contributed by atoms with Crippen molar-refractivity contribution >= 4 is 29.0 Å². The minimum atomic E-state index is 0.102. The molecule has 1 atom stereocenters. The molecular weight excluding hydrogens is 416 g/mol. The lowest BCUT2D eigenvalue weighted by atomic mass is 10.0. The van der Waals surface area contributed by atoms with Gasteiger partial charge in [-0.3, -0.25) is 4.79 Å². The zero-order valence-electron chi connectivity index (χ0n) is 16.5. The number of amides is 1. The van der Waals surface area contributed by atoms with Gasteiger partial charge >= 0.3 is 0 Å². The Morgan fingerprint density at radius 1 is 1.13 bits per heavy atom. The highest BCUT2D eigenvalue weighted by Crippen LogP contribution is 2.38. The summed E-state index contributed by atoms with van der Waals surface area (Å²) in [5, 5.41) is 2.05. The molecule has 5 nitrogen and oxygen atoms in total. The van der Waals surface area contributed by atoms with Crippen molar-refractivity contribution in [1.29, 1.82) is 0 Å². The molecular formula is C23H22N2O3S2. The second kappa shape index (κ2) is 8.70. The Labute approximate surface area is 184 Å². The van der Waals surface area contributed by atoms with Crippen LogP contribution in [0.2, 0.25) is 0 Å². The molecule has 0 unspecified atom stereocenters. The van der Waals surface area contributed by atoms with Crippen LogP contribution in [-0.4, -0.2) is 41.3 Å². The first-order valence-corrected chi connectivity index (χ1v) is 12.0. The number of carbonyl (C=O) groups is 1. The average molecular weight is 439 g/mol. The SMILES string of the molecule is O=C(CSc1nc(-c2ccccc2)cs1)N1CCC[C@@H]1c1ccc2c(c1)OCCO2. The number of thioether (sulfide) groups is 1. The van der Waals surface area contributed by atoms with E-state index in [0.717, 1.165) is 52.0 Å². The molecule has 0 saturated carbocycles. The summed E-state index contributed by atoms with van der Waals surface area (Å²) in [4.78, 5) is 19.7. The molecule has 3 heterocycles. The Morgan fingerprint density at radius 3 is 2.83 bits per heavy atom. The predicted octanol–water partition coefficient (Wildman–Crippen LogP) is 5.04. The van der Waals surface area contributed by atoms with Crippen molar-refractivity contribution in [3.05, 3.63) is 59.5 Å². The zero-order valence-corrected chi connectivity index (χ0v) is 18.1. The normalized spacial score (nSPS) is 17.9. The quantitative estimate of drug-likeness (QED) is 0.523. The minimum absolute atomic E-state index is 0.102. The van der Waals surface area contributed by atoms with E-state index in [1.807, 2.05) is 35.2 Å². The average Bonchev–Trinajstić information content (AvgIpc) is 3.48. The van der Waals surface area contributed by atoms with Crippen LogP contribution in [0.1, 0.15) is 24.4 Å². The second-order valence-electron chi connectivity index (χ2n) is 7.30. The Morgan fingerprint density at radius 2 is 1.97 bits per heavy atom. The fraction of sp³-hybridized carbons (Fsp3) is 0.304. The van der Waals surface area contributed by atoms with Gasteiger partial charge in [-0.15, -0.1) is 11.3 Å². The van der Waals surface area contributed by atoms with E-state index in [4.69, 9.17) is 9.47 Å². The highest BCUT2D eigenvalue weighted by atomic mass is 32.2. The van der Waals surface area contributed by atoms with Gasteiger partial charge < -0.3 is 14.4 Å². The number of benzene rings is 2. The van der Waals surface area contributed by atoms with Crippen molar-refractivity contribution in [2.75, 3.05) is 25.5 Å². The van der Waals surface area contributed by atoms with Crippen LogP contribution in [0.4, 0.5) is 0 Å². The van der Waals surface area contributed by atoms with Gasteiger partial charge in [0, 0.05) is 17.5 Å². The van der Waals surface area contributed by atoms with E-state index in [-0.39, 0.29) is 11.9 Å². The molecule has 3 aromatic rings. The maximum atomic E-state index is 13.0. The van der Waals surface area contributed by atoms with Crippen LogP contribution >= 0.6 is 23.1 Å². The molecule has 5 rings (SSSR count). The molecule has 1 aromatic heterocycles. The molecule has 154 valence electrons. The highest BCUT2D eigenvalue weighted by molar-refractivity contribution is 8.01. The lowest BCUT2D eigenvalue weighted by molar-refractivity contribution is -0.129. The first-order valence-electron chi connectivity index (χ1n) is 10.1. The minimum Gasteiger partial charge on any atom is -0.486 e. The van der Waals surface area contributed by atoms with Crippen molar-refractivity contribution in [3.63, 3.8) is 0 Å². The fourth-order valence-electron chi connectivity index (χ4n) is 3.95. The van der Waals surface area contributed by atoms with Crippen LogP contribution in [0.3, 0.4) is 0 Å². The van der Waals surface area contributed by atoms with Gasteiger partial charge in [-0.1, -0.05) is 48.2 Å². The number of nitrogens with zero attached hydrogens (tertiary/aromatic N) is 2. The van der Waals surface area contributed by atoms with E-state index >= 15 is 0 Å². The third-order valence-electron chi connectivity index (χ3n) is 5.40. The molecule has 1 fully saturated rings. The van der Waals surface area contributed by atoms with Gasteiger partial charge in [-0.05, 0) is 30.5 Å². The first-order chi connectivity index (χ1) is 14.8. The van der Waals surface area contributed by atoms with Crippen molar-refractivity contribution in [3.8, 4) is 22.8 Å². The van der Waals surface area contributed by atoms with E-state index in [0.29, 0.717) is 19.0 Å². The number of carbonyl (C=O) groups excluding carboxylic acids is 1. The van der Waals surface area contributed by atoms with Crippen LogP contribution in [-0.2, 0) is 4.79 Å². The summed E-state index contributed by atoms with van der Waals surface area (Å²) in [6.45, 7) is 1.95. The van der Waals surface area contributed by atoms with E-state index in [1.54, 1.807) is 11.3 Å². The number of ether oxygens (including phenoxy) is 2. The monoisotopic (exact) mass is 438 g/mol. The summed E-state index contributed by atoms with van der Waals surface area (Å²) in [5.41, 5.74) is 3.19. The summed E-state index contributed by atoms with van der Waals surface area (Å²) in [7, 11) is 0. The Hall–Kier alpha value is -2.51. The smallest absolute Gasteiger partial charge is 0.233 e. The summed E-state index contributed by atoms with van der Waals surface area (Å²) < 4.78 is 12.3. The first kappa shape index (κ1) is 19.5. The van der Waals surface area contributed by atoms with Gasteiger partial charge in [0.1, 0.15) is 13.2 Å². The van der Waals surface area contributed by atoms with Crippen LogP contribution in [0, 0.1) is 0 Å². The summed E-state index contributed by atoms with van der Waals surface area (Å²) in [6, 6.07) is 16.3. The third-order valence-corrected chi connectivity index (χ3v) is 7.40. The third kappa shape index (κ3) is 4.04. The molecule has 0 bridgehead atoms. The van der Waals surface area contributed by atoms with Gasteiger partial charge in [-0.25, -0.2) is 4.98 Å².